The molecular formula is C20H14BrFN4O2S. The van der Waals surface area contributed by atoms with Gasteiger partial charge in [-0.25, -0.2) is 17.8 Å². The van der Waals surface area contributed by atoms with Crippen molar-refractivity contribution in [2.24, 2.45) is 0 Å². The molecule has 4 aromatic rings. The lowest BCUT2D eigenvalue weighted by molar-refractivity contribution is 0.602. The predicted octanol–water partition coefficient (Wildman–Crippen LogP) is 4.25. The first-order valence-corrected chi connectivity index (χ1v) is 11.1. The standard InChI is InChI=1S/C20H14BrFN4O2S/c1-29(27,28)19-4-5-24-9-14(19)18-10-25-17-8-12(23)7-13(20(17)26-18)11-2-3-15(21)16(22)6-11/h2-10H,23H2,1H3. The van der Waals surface area contributed by atoms with Crippen molar-refractivity contribution >= 4 is 42.5 Å². The molecule has 2 N–H and O–H groups in total. The Bertz CT molecular complexity index is 1380. The minimum absolute atomic E-state index is 0.104. The van der Waals surface area contributed by atoms with Gasteiger partial charge in [0.1, 0.15) is 5.82 Å². The lowest BCUT2D eigenvalue weighted by Gasteiger charge is -2.11. The van der Waals surface area contributed by atoms with Gasteiger partial charge in [-0.3, -0.25) is 9.97 Å². The maximum absolute atomic E-state index is 14.1. The van der Waals surface area contributed by atoms with Gasteiger partial charge < -0.3 is 5.73 Å². The third kappa shape index (κ3) is 3.70. The molecule has 0 aliphatic heterocycles. The largest absolute Gasteiger partial charge is 0.399 e. The molecule has 0 bridgehead atoms. The molecule has 4 rings (SSSR count). The van der Waals surface area contributed by atoms with Gasteiger partial charge >= 0.3 is 0 Å². The van der Waals surface area contributed by atoms with Crippen LogP contribution in [0.15, 0.2) is 64.4 Å². The second-order valence-electron chi connectivity index (χ2n) is 6.46. The summed E-state index contributed by atoms with van der Waals surface area (Å²) in [4.78, 5) is 13.2. The summed E-state index contributed by atoms with van der Waals surface area (Å²) in [6.45, 7) is 0. The molecule has 0 atom stereocenters. The van der Waals surface area contributed by atoms with Crippen molar-refractivity contribution in [3.63, 3.8) is 0 Å². The minimum Gasteiger partial charge on any atom is -0.399 e. The van der Waals surface area contributed by atoms with Crippen LogP contribution in [0.4, 0.5) is 10.1 Å². The molecule has 0 amide bonds. The Morgan fingerprint density at radius 2 is 1.86 bits per heavy atom. The van der Waals surface area contributed by atoms with Crippen LogP contribution < -0.4 is 5.73 Å². The van der Waals surface area contributed by atoms with E-state index in [1.807, 2.05) is 0 Å². The van der Waals surface area contributed by atoms with Gasteiger partial charge in [0.15, 0.2) is 9.84 Å². The van der Waals surface area contributed by atoms with Crippen molar-refractivity contribution < 1.29 is 12.8 Å². The van der Waals surface area contributed by atoms with E-state index in [2.05, 4.69) is 30.9 Å². The van der Waals surface area contributed by atoms with E-state index < -0.39 is 15.7 Å². The van der Waals surface area contributed by atoms with Crippen LogP contribution in [0.1, 0.15) is 0 Å². The quantitative estimate of drug-likeness (QED) is 0.447. The molecule has 0 aliphatic rings. The Morgan fingerprint density at radius 1 is 1.07 bits per heavy atom. The molecule has 2 heterocycles. The van der Waals surface area contributed by atoms with Crippen LogP contribution >= 0.6 is 15.9 Å². The number of fused-ring (bicyclic) bond motifs is 1. The van der Waals surface area contributed by atoms with Crippen molar-refractivity contribution in [3.05, 3.63) is 65.3 Å². The molecular weight excluding hydrogens is 459 g/mol. The zero-order chi connectivity index (χ0) is 20.8. The van der Waals surface area contributed by atoms with Crippen molar-refractivity contribution in [3.8, 4) is 22.4 Å². The van der Waals surface area contributed by atoms with Crippen LogP contribution in [0, 0.1) is 5.82 Å². The number of nitrogens with zero attached hydrogens (tertiary/aromatic N) is 3. The van der Waals surface area contributed by atoms with E-state index in [0.717, 1.165) is 6.26 Å². The number of hydrogen-bond donors (Lipinski definition) is 1. The van der Waals surface area contributed by atoms with Gasteiger partial charge in [0, 0.05) is 35.5 Å². The monoisotopic (exact) mass is 472 g/mol. The first kappa shape index (κ1) is 19.4. The number of rotatable bonds is 3. The first-order valence-electron chi connectivity index (χ1n) is 8.40. The summed E-state index contributed by atoms with van der Waals surface area (Å²) >= 11 is 3.14. The summed E-state index contributed by atoms with van der Waals surface area (Å²) in [5.74, 6) is -0.422. The lowest BCUT2D eigenvalue weighted by Crippen LogP contribution is -2.02. The van der Waals surface area contributed by atoms with Crippen LogP contribution in [-0.4, -0.2) is 29.6 Å². The molecule has 0 saturated carbocycles. The lowest BCUT2D eigenvalue weighted by atomic mass is 10.0. The van der Waals surface area contributed by atoms with Crippen LogP contribution in [0.25, 0.3) is 33.4 Å². The molecule has 2 aromatic carbocycles. The molecule has 2 aromatic heterocycles. The molecule has 0 aliphatic carbocycles. The van der Waals surface area contributed by atoms with Crippen molar-refractivity contribution in [2.45, 2.75) is 4.90 Å². The smallest absolute Gasteiger partial charge is 0.176 e. The van der Waals surface area contributed by atoms with E-state index in [4.69, 9.17) is 5.73 Å². The van der Waals surface area contributed by atoms with Crippen LogP contribution in [-0.2, 0) is 9.84 Å². The number of nitrogen functional groups attached to an aromatic ring is 1. The van der Waals surface area contributed by atoms with E-state index >= 15 is 0 Å². The Hall–Kier alpha value is -2.91. The summed E-state index contributed by atoms with van der Waals surface area (Å²) in [5.41, 5.74) is 9.29. The average molecular weight is 473 g/mol. The van der Waals surface area contributed by atoms with Crippen LogP contribution in [0.2, 0.25) is 0 Å². The van der Waals surface area contributed by atoms with Crippen molar-refractivity contribution in [2.75, 3.05) is 12.0 Å². The highest BCUT2D eigenvalue weighted by molar-refractivity contribution is 9.10. The van der Waals surface area contributed by atoms with E-state index in [1.165, 1.54) is 30.7 Å². The number of benzene rings is 2. The normalized spacial score (nSPS) is 11.7. The molecule has 0 unspecified atom stereocenters. The van der Waals surface area contributed by atoms with Gasteiger partial charge in [-0.15, -0.1) is 0 Å². The van der Waals surface area contributed by atoms with Gasteiger partial charge in [0.2, 0.25) is 0 Å². The highest BCUT2D eigenvalue weighted by Gasteiger charge is 2.18. The maximum Gasteiger partial charge on any atom is 0.176 e. The number of halogens is 2. The van der Waals surface area contributed by atoms with E-state index in [-0.39, 0.29) is 4.90 Å². The molecule has 9 heteroatoms. The summed E-state index contributed by atoms with van der Waals surface area (Å²) < 4.78 is 38.8. The second-order valence-corrected chi connectivity index (χ2v) is 9.30. The predicted molar refractivity (Wildman–Crippen MR) is 113 cm³/mol. The molecule has 0 spiro atoms. The third-order valence-corrected chi connectivity index (χ3v) is 6.16. The Kier molecular flexibility index (Phi) is 4.79. The van der Waals surface area contributed by atoms with Crippen LogP contribution in [0.3, 0.4) is 0 Å². The number of aromatic nitrogens is 3. The zero-order valence-corrected chi connectivity index (χ0v) is 17.5. The Labute approximate surface area is 174 Å². The van der Waals surface area contributed by atoms with Crippen molar-refractivity contribution in [1.82, 2.24) is 15.0 Å². The highest BCUT2D eigenvalue weighted by atomic mass is 79.9. The van der Waals surface area contributed by atoms with Gasteiger partial charge in [-0.2, -0.15) is 0 Å². The highest BCUT2D eigenvalue weighted by Crippen LogP contribution is 2.33. The first-order chi connectivity index (χ1) is 13.7. The van der Waals surface area contributed by atoms with Gasteiger partial charge in [-0.05, 0) is 51.8 Å². The molecule has 0 fully saturated rings. The summed E-state index contributed by atoms with van der Waals surface area (Å²) in [5, 5.41) is 0. The number of nitrogens with two attached hydrogens (primary N) is 1. The Balaban J connectivity index is 2.00. The van der Waals surface area contributed by atoms with Gasteiger partial charge in [0.25, 0.3) is 0 Å². The fourth-order valence-corrected chi connectivity index (χ4v) is 4.16. The molecule has 6 nitrogen and oxygen atoms in total. The van der Waals surface area contributed by atoms with E-state index in [0.29, 0.717) is 43.6 Å². The van der Waals surface area contributed by atoms with E-state index in [9.17, 15) is 12.8 Å². The number of pyridine rings is 1. The summed E-state index contributed by atoms with van der Waals surface area (Å²) in [6.07, 6.45) is 5.43. The minimum atomic E-state index is -3.50. The second kappa shape index (κ2) is 7.16. The third-order valence-electron chi connectivity index (χ3n) is 4.36. The number of hydrogen-bond acceptors (Lipinski definition) is 6. The van der Waals surface area contributed by atoms with Crippen molar-refractivity contribution in [1.29, 1.82) is 0 Å². The average Bonchev–Trinajstić information content (AvgIpc) is 2.68. The number of anilines is 1. The van der Waals surface area contributed by atoms with Gasteiger partial charge in [-0.1, -0.05) is 6.07 Å². The maximum atomic E-state index is 14.1. The Morgan fingerprint density at radius 3 is 2.59 bits per heavy atom. The molecule has 146 valence electrons. The summed E-state index contributed by atoms with van der Waals surface area (Å²) in [7, 11) is -3.50. The van der Waals surface area contributed by atoms with E-state index in [1.54, 1.807) is 24.3 Å². The van der Waals surface area contributed by atoms with Gasteiger partial charge in [0.05, 0.1) is 32.3 Å². The molecule has 0 saturated heterocycles. The summed E-state index contributed by atoms with van der Waals surface area (Å²) in [6, 6.07) is 9.47. The number of sulfone groups is 1. The zero-order valence-electron chi connectivity index (χ0n) is 15.1. The SMILES string of the molecule is CS(=O)(=O)c1ccncc1-c1cnc2cc(N)cc(-c3ccc(Br)c(F)c3)c2n1. The van der Waals surface area contributed by atoms with Crippen LogP contribution in [0.5, 0.6) is 0 Å². The molecule has 29 heavy (non-hydrogen) atoms. The fraction of sp³-hybridized carbons (Fsp3) is 0.0500. The fourth-order valence-electron chi connectivity index (χ4n) is 3.05. The topological polar surface area (TPSA) is 98.8 Å². The molecule has 0 radical (unpaired) electrons.